The standard InChI is InChI=1S/C22H25N5O/c1-16-5-2-3-7-19(16)22(28)24-14-17-8-11-27(12-9-17)21-13-20(25-26-21)18-6-4-10-23-15-18/h2-7,10,13,15,17H,8-9,11-12,14H2,1H3,(H,24,28)(H,25,26). The highest BCUT2D eigenvalue weighted by molar-refractivity contribution is 5.95. The second kappa shape index (κ2) is 8.25. The molecular weight excluding hydrogens is 350 g/mol. The maximum absolute atomic E-state index is 12.4. The van der Waals surface area contributed by atoms with Crippen LogP contribution < -0.4 is 10.2 Å². The molecule has 0 bridgehead atoms. The molecule has 0 saturated carbocycles. The van der Waals surface area contributed by atoms with Gasteiger partial charge in [0.2, 0.25) is 0 Å². The summed E-state index contributed by atoms with van der Waals surface area (Å²) in [6.45, 7) is 4.59. The van der Waals surface area contributed by atoms with Crippen molar-refractivity contribution < 1.29 is 4.79 Å². The van der Waals surface area contributed by atoms with Crippen LogP contribution in [0.4, 0.5) is 5.82 Å². The number of hydrogen-bond donors (Lipinski definition) is 2. The molecule has 6 heteroatoms. The lowest BCUT2D eigenvalue weighted by molar-refractivity contribution is 0.0944. The van der Waals surface area contributed by atoms with Crippen LogP contribution in [-0.4, -0.2) is 40.7 Å². The molecule has 1 saturated heterocycles. The van der Waals surface area contributed by atoms with Crippen molar-refractivity contribution in [1.29, 1.82) is 0 Å². The number of aromatic amines is 1. The van der Waals surface area contributed by atoms with Crippen LogP contribution in [0.1, 0.15) is 28.8 Å². The molecule has 2 aromatic heterocycles. The van der Waals surface area contributed by atoms with Gasteiger partial charge in [0.1, 0.15) is 0 Å². The van der Waals surface area contributed by atoms with Gasteiger partial charge in [-0.1, -0.05) is 18.2 Å². The van der Waals surface area contributed by atoms with Crippen LogP contribution in [-0.2, 0) is 0 Å². The van der Waals surface area contributed by atoms with Crippen LogP contribution in [0.2, 0.25) is 0 Å². The highest BCUT2D eigenvalue weighted by Gasteiger charge is 2.22. The smallest absolute Gasteiger partial charge is 0.251 e. The zero-order chi connectivity index (χ0) is 19.3. The molecule has 28 heavy (non-hydrogen) atoms. The van der Waals surface area contributed by atoms with E-state index in [4.69, 9.17) is 0 Å². The largest absolute Gasteiger partial charge is 0.355 e. The van der Waals surface area contributed by atoms with Crippen molar-refractivity contribution in [2.24, 2.45) is 5.92 Å². The monoisotopic (exact) mass is 375 g/mol. The summed E-state index contributed by atoms with van der Waals surface area (Å²) in [5, 5.41) is 10.7. The topological polar surface area (TPSA) is 73.9 Å². The number of aromatic nitrogens is 3. The predicted octanol–water partition coefficient (Wildman–Crippen LogP) is 3.43. The number of piperidine rings is 1. The quantitative estimate of drug-likeness (QED) is 0.717. The van der Waals surface area contributed by atoms with Crippen molar-refractivity contribution in [3.05, 3.63) is 66.0 Å². The van der Waals surface area contributed by atoms with Crippen molar-refractivity contribution in [2.45, 2.75) is 19.8 Å². The summed E-state index contributed by atoms with van der Waals surface area (Å²) in [4.78, 5) is 18.9. The predicted molar refractivity (Wildman–Crippen MR) is 110 cm³/mol. The van der Waals surface area contributed by atoms with Crippen molar-refractivity contribution in [3.63, 3.8) is 0 Å². The van der Waals surface area contributed by atoms with Crippen molar-refractivity contribution in [1.82, 2.24) is 20.5 Å². The number of H-pyrrole nitrogens is 1. The summed E-state index contributed by atoms with van der Waals surface area (Å²) in [7, 11) is 0. The first kappa shape index (κ1) is 18.2. The number of aryl methyl sites for hydroxylation is 1. The van der Waals surface area contributed by atoms with Crippen LogP contribution >= 0.6 is 0 Å². The Balaban J connectivity index is 1.29. The molecule has 1 aliphatic rings. The second-order valence-electron chi connectivity index (χ2n) is 7.34. The molecule has 144 valence electrons. The Kier molecular flexibility index (Phi) is 5.37. The molecule has 1 amide bonds. The normalized spacial score (nSPS) is 14.8. The van der Waals surface area contributed by atoms with Gasteiger partial charge >= 0.3 is 0 Å². The summed E-state index contributed by atoms with van der Waals surface area (Å²) >= 11 is 0. The summed E-state index contributed by atoms with van der Waals surface area (Å²) in [6.07, 6.45) is 5.69. The van der Waals surface area contributed by atoms with Crippen LogP contribution in [0.3, 0.4) is 0 Å². The fourth-order valence-electron chi connectivity index (χ4n) is 3.67. The number of amides is 1. The Bertz CT molecular complexity index is 929. The molecule has 0 spiro atoms. The van der Waals surface area contributed by atoms with Crippen LogP contribution in [0.5, 0.6) is 0 Å². The number of nitrogens with zero attached hydrogens (tertiary/aromatic N) is 3. The number of benzene rings is 1. The van der Waals surface area contributed by atoms with Gasteiger partial charge in [0.15, 0.2) is 5.82 Å². The van der Waals surface area contributed by atoms with E-state index in [1.54, 1.807) is 6.20 Å². The first-order valence-corrected chi connectivity index (χ1v) is 9.75. The minimum absolute atomic E-state index is 0.0222. The molecule has 0 unspecified atom stereocenters. The lowest BCUT2D eigenvalue weighted by Crippen LogP contribution is -2.39. The Hall–Kier alpha value is -3.15. The highest BCUT2D eigenvalue weighted by Crippen LogP contribution is 2.25. The summed E-state index contributed by atoms with van der Waals surface area (Å²) in [5.74, 6) is 1.50. The van der Waals surface area contributed by atoms with Gasteiger partial charge in [-0.2, -0.15) is 5.10 Å². The van der Waals surface area contributed by atoms with Gasteiger partial charge < -0.3 is 10.2 Å². The minimum atomic E-state index is 0.0222. The number of rotatable bonds is 5. The maximum atomic E-state index is 12.4. The Morgan fingerprint density at radius 2 is 2.04 bits per heavy atom. The molecule has 0 atom stereocenters. The van der Waals surface area contributed by atoms with E-state index in [0.29, 0.717) is 5.92 Å². The number of anilines is 1. The Labute approximate surface area is 165 Å². The van der Waals surface area contributed by atoms with Gasteiger partial charge in [-0.3, -0.25) is 14.9 Å². The molecule has 0 radical (unpaired) electrons. The van der Waals surface area contributed by atoms with Gasteiger partial charge in [-0.25, -0.2) is 0 Å². The molecule has 3 heterocycles. The number of carbonyl (C=O) groups is 1. The number of hydrogen-bond acceptors (Lipinski definition) is 4. The van der Waals surface area contributed by atoms with Crippen molar-refractivity contribution in [3.8, 4) is 11.3 Å². The fourth-order valence-corrected chi connectivity index (χ4v) is 3.67. The van der Waals surface area contributed by atoms with Crippen LogP contribution in [0, 0.1) is 12.8 Å². The third kappa shape index (κ3) is 4.06. The third-order valence-corrected chi connectivity index (χ3v) is 5.42. The van der Waals surface area contributed by atoms with Gasteiger partial charge in [-0.15, -0.1) is 0 Å². The zero-order valence-corrected chi connectivity index (χ0v) is 16.1. The lowest BCUT2D eigenvalue weighted by atomic mass is 9.96. The average Bonchev–Trinajstić information content (AvgIpc) is 3.24. The summed E-state index contributed by atoms with van der Waals surface area (Å²) < 4.78 is 0. The molecule has 6 nitrogen and oxygen atoms in total. The van der Waals surface area contributed by atoms with E-state index in [9.17, 15) is 4.79 Å². The van der Waals surface area contributed by atoms with Crippen LogP contribution in [0.25, 0.3) is 11.3 Å². The van der Waals surface area contributed by atoms with Gasteiger partial charge in [0, 0.05) is 49.2 Å². The minimum Gasteiger partial charge on any atom is -0.355 e. The molecule has 0 aliphatic carbocycles. The van der Waals surface area contributed by atoms with E-state index < -0.39 is 0 Å². The molecule has 1 aliphatic heterocycles. The number of pyridine rings is 1. The molecular formula is C22H25N5O. The number of nitrogens with one attached hydrogen (secondary N) is 2. The molecule has 1 fully saturated rings. The molecule has 4 rings (SSSR count). The van der Waals surface area contributed by atoms with E-state index in [-0.39, 0.29) is 5.91 Å². The summed E-state index contributed by atoms with van der Waals surface area (Å²) in [5.41, 5.74) is 3.79. The first-order chi connectivity index (χ1) is 13.7. The lowest BCUT2D eigenvalue weighted by Gasteiger charge is -2.32. The SMILES string of the molecule is Cc1ccccc1C(=O)NCC1CCN(c2cc(-c3cccnc3)[nH]n2)CC1. The highest BCUT2D eigenvalue weighted by atomic mass is 16.1. The molecule has 2 N–H and O–H groups in total. The van der Waals surface area contributed by atoms with E-state index in [1.165, 1.54) is 0 Å². The van der Waals surface area contributed by atoms with Gasteiger partial charge in [0.25, 0.3) is 5.91 Å². The Morgan fingerprint density at radius 1 is 1.21 bits per heavy atom. The third-order valence-electron chi connectivity index (χ3n) is 5.42. The second-order valence-corrected chi connectivity index (χ2v) is 7.34. The Morgan fingerprint density at radius 3 is 2.79 bits per heavy atom. The molecule has 1 aromatic carbocycles. The van der Waals surface area contributed by atoms with E-state index in [2.05, 4.69) is 31.5 Å². The molecule has 3 aromatic rings. The maximum Gasteiger partial charge on any atom is 0.251 e. The first-order valence-electron chi connectivity index (χ1n) is 9.75. The van der Waals surface area contributed by atoms with E-state index in [0.717, 1.165) is 60.7 Å². The van der Waals surface area contributed by atoms with Gasteiger partial charge in [0.05, 0.1) is 5.69 Å². The zero-order valence-electron chi connectivity index (χ0n) is 16.1. The van der Waals surface area contributed by atoms with E-state index >= 15 is 0 Å². The van der Waals surface area contributed by atoms with Crippen LogP contribution in [0.15, 0.2) is 54.9 Å². The fraction of sp³-hybridized carbons (Fsp3) is 0.318. The van der Waals surface area contributed by atoms with E-state index in [1.807, 2.05) is 49.5 Å². The summed E-state index contributed by atoms with van der Waals surface area (Å²) in [6, 6.07) is 13.7. The average molecular weight is 375 g/mol. The van der Waals surface area contributed by atoms with Crippen molar-refractivity contribution >= 4 is 11.7 Å². The van der Waals surface area contributed by atoms with Gasteiger partial charge in [-0.05, 0) is 49.4 Å². The number of carbonyl (C=O) groups excluding carboxylic acids is 1. The van der Waals surface area contributed by atoms with Crippen molar-refractivity contribution in [2.75, 3.05) is 24.5 Å².